The number of hydrogen-bond acceptors (Lipinski definition) is 3. The maximum atomic E-state index is 6.21. The molecule has 0 fully saturated rings. The minimum atomic E-state index is 0.788. The van der Waals surface area contributed by atoms with Gasteiger partial charge in [0.05, 0.1) is 11.0 Å². The van der Waals surface area contributed by atoms with E-state index in [1.165, 1.54) is 16.2 Å². The van der Waals surface area contributed by atoms with Gasteiger partial charge in [-0.15, -0.1) is 0 Å². The number of pyridine rings is 1. The molecule has 0 amide bonds. The first-order valence-corrected chi connectivity index (χ1v) is 9.67. The largest absolute Gasteiger partial charge is 0.454 e. The van der Waals surface area contributed by atoms with Crippen molar-refractivity contribution in [3.8, 4) is 0 Å². The Labute approximate surface area is 165 Å². The SMILES string of the molecule is c1ccc2c(c1)ccc1c2ccc2cc3oc4ccc5ccnc5c4cc3nc21. The number of nitrogens with zero attached hydrogens (tertiary/aromatic N) is 2. The van der Waals surface area contributed by atoms with Crippen LogP contribution in [0.25, 0.3) is 65.4 Å². The van der Waals surface area contributed by atoms with E-state index in [1.54, 1.807) is 0 Å². The summed E-state index contributed by atoms with van der Waals surface area (Å²) in [6.07, 6.45) is 1.83. The van der Waals surface area contributed by atoms with Crippen LogP contribution in [0, 0.1) is 0 Å². The Bertz CT molecular complexity index is 1760. The van der Waals surface area contributed by atoms with Gasteiger partial charge in [0.1, 0.15) is 11.1 Å². The second-order valence-corrected chi connectivity index (χ2v) is 7.50. The fraction of sp³-hybridized carbons (Fsp3) is 0. The van der Waals surface area contributed by atoms with Crippen molar-refractivity contribution >= 4 is 65.4 Å². The molecule has 3 heterocycles. The van der Waals surface area contributed by atoms with Crippen LogP contribution in [0.3, 0.4) is 0 Å². The summed E-state index contributed by atoms with van der Waals surface area (Å²) in [7, 11) is 0. The van der Waals surface area contributed by atoms with Crippen molar-refractivity contribution in [3.05, 3.63) is 85.1 Å². The zero-order chi connectivity index (χ0) is 18.9. The third-order valence-electron chi connectivity index (χ3n) is 5.87. The lowest BCUT2D eigenvalue weighted by atomic mass is 9.99. The zero-order valence-corrected chi connectivity index (χ0v) is 15.4. The number of hydrogen-bond donors (Lipinski definition) is 0. The molecule has 0 bridgehead atoms. The van der Waals surface area contributed by atoms with Crippen molar-refractivity contribution in [1.29, 1.82) is 0 Å². The predicted octanol–water partition coefficient (Wildman–Crippen LogP) is 6.99. The first-order chi connectivity index (χ1) is 14.3. The highest BCUT2D eigenvalue weighted by atomic mass is 16.3. The summed E-state index contributed by atoms with van der Waals surface area (Å²) in [5.74, 6) is 0. The topological polar surface area (TPSA) is 38.9 Å². The molecule has 0 saturated carbocycles. The second-order valence-electron chi connectivity index (χ2n) is 7.50. The van der Waals surface area contributed by atoms with Crippen molar-refractivity contribution in [3.63, 3.8) is 0 Å². The summed E-state index contributed by atoms with van der Waals surface area (Å²) in [5.41, 5.74) is 4.42. The summed E-state index contributed by atoms with van der Waals surface area (Å²) in [4.78, 5) is 9.54. The molecule has 29 heavy (non-hydrogen) atoms. The Morgan fingerprint density at radius 1 is 0.552 bits per heavy atom. The van der Waals surface area contributed by atoms with Crippen LogP contribution in [0.1, 0.15) is 0 Å². The van der Waals surface area contributed by atoms with Crippen LogP contribution >= 0.6 is 0 Å². The van der Waals surface area contributed by atoms with Crippen LogP contribution in [0.15, 0.2) is 89.5 Å². The molecule has 0 unspecified atom stereocenters. The normalized spacial score (nSPS) is 12.1. The van der Waals surface area contributed by atoms with E-state index >= 15 is 0 Å². The average molecular weight is 370 g/mol. The molecule has 7 aromatic rings. The Kier molecular flexibility index (Phi) is 2.74. The first kappa shape index (κ1) is 15.0. The molecule has 0 aliphatic rings. The lowest BCUT2D eigenvalue weighted by Gasteiger charge is -2.09. The van der Waals surface area contributed by atoms with Gasteiger partial charge in [-0.1, -0.05) is 48.5 Å². The maximum absolute atomic E-state index is 6.21. The van der Waals surface area contributed by atoms with Gasteiger partial charge in [-0.2, -0.15) is 0 Å². The summed E-state index contributed by atoms with van der Waals surface area (Å²) < 4.78 is 6.21. The fourth-order valence-electron chi connectivity index (χ4n) is 4.47. The highest BCUT2D eigenvalue weighted by Crippen LogP contribution is 2.34. The average Bonchev–Trinajstić information content (AvgIpc) is 3.25. The number of aromatic nitrogens is 2. The molecule has 134 valence electrons. The Morgan fingerprint density at radius 3 is 2.41 bits per heavy atom. The lowest BCUT2D eigenvalue weighted by Crippen LogP contribution is -1.87. The molecule has 0 N–H and O–H groups in total. The molecule has 0 aliphatic heterocycles. The summed E-state index contributed by atoms with van der Waals surface area (Å²) in [6.45, 7) is 0. The van der Waals surface area contributed by atoms with Crippen LogP contribution in [-0.2, 0) is 0 Å². The minimum absolute atomic E-state index is 0.788. The van der Waals surface area contributed by atoms with Crippen LogP contribution in [0.4, 0.5) is 0 Å². The Balaban J connectivity index is 1.64. The quantitative estimate of drug-likeness (QED) is 0.213. The molecule has 0 radical (unpaired) electrons. The van der Waals surface area contributed by atoms with Crippen LogP contribution in [0.5, 0.6) is 0 Å². The van der Waals surface area contributed by atoms with Crippen molar-refractivity contribution < 1.29 is 4.42 Å². The molecule has 3 nitrogen and oxygen atoms in total. The fourth-order valence-corrected chi connectivity index (χ4v) is 4.47. The number of fused-ring (bicyclic) bond motifs is 9. The van der Waals surface area contributed by atoms with Crippen molar-refractivity contribution in [2.75, 3.05) is 0 Å². The molecule has 0 spiro atoms. The standard InChI is InChI=1S/C26H14N2O/c1-2-4-18-15(3-1)5-9-20-19(18)8-6-17-13-24-22(28-26(17)20)14-21-23(29-24)10-7-16-11-12-27-25(16)21/h1-14H. The molecule has 3 aromatic heterocycles. The van der Waals surface area contributed by atoms with Gasteiger partial charge in [0.2, 0.25) is 0 Å². The van der Waals surface area contributed by atoms with E-state index in [0.29, 0.717) is 0 Å². The van der Waals surface area contributed by atoms with Crippen molar-refractivity contribution in [2.45, 2.75) is 0 Å². The van der Waals surface area contributed by atoms with Crippen molar-refractivity contribution in [1.82, 2.24) is 9.97 Å². The molecule has 7 rings (SSSR count). The number of benzene rings is 4. The molecular formula is C26H14N2O. The van der Waals surface area contributed by atoms with Gasteiger partial charge in [-0.25, -0.2) is 4.98 Å². The monoisotopic (exact) mass is 370 g/mol. The number of rotatable bonds is 0. The van der Waals surface area contributed by atoms with Gasteiger partial charge in [0.15, 0.2) is 5.58 Å². The lowest BCUT2D eigenvalue weighted by molar-refractivity contribution is 0.660. The van der Waals surface area contributed by atoms with Crippen LogP contribution in [-0.4, -0.2) is 9.97 Å². The highest BCUT2D eigenvalue weighted by Gasteiger charge is 2.11. The van der Waals surface area contributed by atoms with Crippen LogP contribution < -0.4 is 0 Å². The van der Waals surface area contributed by atoms with E-state index in [-0.39, 0.29) is 0 Å². The summed E-state index contributed by atoms with van der Waals surface area (Å²) >= 11 is 0. The minimum Gasteiger partial charge on any atom is -0.454 e. The maximum Gasteiger partial charge on any atom is 0.153 e. The third kappa shape index (κ3) is 2.02. The van der Waals surface area contributed by atoms with E-state index in [9.17, 15) is 0 Å². The Hall–Kier alpha value is -3.98. The van der Waals surface area contributed by atoms with E-state index < -0.39 is 0 Å². The summed E-state index contributed by atoms with van der Waals surface area (Å²) in [5, 5.41) is 8.07. The van der Waals surface area contributed by atoms with Crippen molar-refractivity contribution in [2.24, 2.45) is 0 Å². The van der Waals surface area contributed by atoms with E-state index in [1.807, 2.05) is 24.4 Å². The molecule has 0 aliphatic carbocycles. The molecule has 3 heteroatoms. The molecule has 4 aromatic carbocycles. The predicted molar refractivity (Wildman–Crippen MR) is 119 cm³/mol. The highest BCUT2D eigenvalue weighted by molar-refractivity contribution is 6.17. The smallest absolute Gasteiger partial charge is 0.153 e. The molecular weight excluding hydrogens is 356 g/mol. The summed E-state index contributed by atoms with van der Waals surface area (Å²) in [6, 6.07) is 27.4. The molecule has 0 saturated heterocycles. The second kappa shape index (κ2) is 5.30. The molecule has 0 atom stereocenters. The van der Waals surface area contributed by atoms with Crippen LogP contribution in [0.2, 0.25) is 0 Å². The first-order valence-electron chi connectivity index (χ1n) is 9.67. The van der Waals surface area contributed by atoms with E-state index in [0.717, 1.165) is 49.3 Å². The van der Waals surface area contributed by atoms with Gasteiger partial charge in [-0.3, -0.25) is 4.98 Å². The van der Waals surface area contributed by atoms with Gasteiger partial charge in [-0.05, 0) is 46.5 Å². The van der Waals surface area contributed by atoms with E-state index in [2.05, 4.69) is 65.6 Å². The van der Waals surface area contributed by atoms with Gasteiger partial charge in [0.25, 0.3) is 0 Å². The van der Waals surface area contributed by atoms with Gasteiger partial charge < -0.3 is 4.42 Å². The van der Waals surface area contributed by atoms with Gasteiger partial charge >= 0.3 is 0 Å². The zero-order valence-electron chi connectivity index (χ0n) is 15.4. The van der Waals surface area contributed by atoms with E-state index in [4.69, 9.17) is 9.40 Å². The Morgan fingerprint density at radius 2 is 1.41 bits per heavy atom. The van der Waals surface area contributed by atoms with Gasteiger partial charge in [0, 0.05) is 27.7 Å². The third-order valence-corrected chi connectivity index (χ3v) is 5.87.